The predicted molar refractivity (Wildman–Crippen MR) is 98.3 cm³/mol. The molecule has 3 rings (SSSR count). The van der Waals surface area contributed by atoms with E-state index in [4.69, 9.17) is 9.47 Å². The summed E-state index contributed by atoms with van der Waals surface area (Å²) in [6.45, 7) is 4.71. The zero-order valence-electron chi connectivity index (χ0n) is 15.1. The van der Waals surface area contributed by atoms with Crippen LogP contribution in [0.25, 0.3) is 0 Å². The van der Waals surface area contributed by atoms with Gasteiger partial charge in [0.25, 0.3) is 0 Å². The first-order chi connectivity index (χ1) is 12.6. The molecule has 0 aromatic heterocycles. The van der Waals surface area contributed by atoms with Gasteiger partial charge in [-0.05, 0) is 30.2 Å². The Kier molecular flexibility index (Phi) is 6.74. The van der Waals surface area contributed by atoms with E-state index in [1.807, 2.05) is 43.3 Å². The first-order valence-corrected chi connectivity index (χ1v) is 9.06. The molecule has 0 aliphatic carbocycles. The molecule has 26 heavy (non-hydrogen) atoms. The monoisotopic (exact) mass is 359 g/mol. The van der Waals surface area contributed by atoms with Gasteiger partial charge in [0.15, 0.2) is 0 Å². The van der Waals surface area contributed by atoms with Gasteiger partial charge in [-0.2, -0.15) is 0 Å². The van der Waals surface area contributed by atoms with Crippen LogP contribution in [-0.4, -0.2) is 49.0 Å². The van der Waals surface area contributed by atoms with Crippen molar-refractivity contribution in [1.82, 2.24) is 4.90 Å². The molecule has 3 unspecified atom stereocenters. The van der Waals surface area contributed by atoms with E-state index in [0.29, 0.717) is 19.7 Å². The van der Waals surface area contributed by atoms with E-state index in [-0.39, 0.29) is 24.6 Å². The second-order valence-corrected chi connectivity index (χ2v) is 6.71. The highest BCUT2D eigenvalue weighted by molar-refractivity contribution is 5.20. The number of aliphatic hydroxyl groups excluding tert-OH is 1. The summed E-state index contributed by atoms with van der Waals surface area (Å²) in [4.78, 5) is 2.14. The number of hydrogen-bond donors (Lipinski definition) is 1. The van der Waals surface area contributed by atoms with Crippen LogP contribution in [0.15, 0.2) is 54.6 Å². The smallest absolute Gasteiger partial charge is 0.123 e. The zero-order valence-corrected chi connectivity index (χ0v) is 15.1. The second kappa shape index (κ2) is 9.24. The summed E-state index contributed by atoms with van der Waals surface area (Å²) in [5, 5.41) is 10.3. The van der Waals surface area contributed by atoms with Gasteiger partial charge < -0.3 is 14.6 Å². The van der Waals surface area contributed by atoms with E-state index < -0.39 is 6.10 Å². The Morgan fingerprint density at radius 2 is 2.04 bits per heavy atom. The molecule has 1 aliphatic heterocycles. The summed E-state index contributed by atoms with van der Waals surface area (Å²) in [6.07, 6.45) is -0.807. The minimum absolute atomic E-state index is 0.0596. The molecule has 140 valence electrons. The maximum absolute atomic E-state index is 13.4. The van der Waals surface area contributed by atoms with Crippen molar-refractivity contribution in [3.05, 3.63) is 71.5 Å². The molecular weight excluding hydrogens is 333 g/mol. The molecule has 5 heteroatoms. The van der Waals surface area contributed by atoms with E-state index in [2.05, 4.69) is 4.90 Å². The van der Waals surface area contributed by atoms with Crippen molar-refractivity contribution in [2.45, 2.75) is 25.2 Å². The van der Waals surface area contributed by atoms with Crippen LogP contribution in [0.2, 0.25) is 0 Å². The first-order valence-electron chi connectivity index (χ1n) is 9.06. The van der Waals surface area contributed by atoms with Gasteiger partial charge in [-0.3, -0.25) is 4.90 Å². The number of benzene rings is 2. The highest BCUT2D eigenvalue weighted by Gasteiger charge is 2.24. The second-order valence-electron chi connectivity index (χ2n) is 6.71. The Morgan fingerprint density at radius 1 is 1.23 bits per heavy atom. The number of β-amino-alcohol motifs (C(OH)–C–C–N with tert-alkyl or cyclic N) is 1. The lowest BCUT2D eigenvalue weighted by molar-refractivity contribution is -0.0594. The summed E-state index contributed by atoms with van der Waals surface area (Å²) < 4.78 is 25.0. The summed E-state index contributed by atoms with van der Waals surface area (Å²) in [6, 6.07) is 16.5. The molecule has 0 radical (unpaired) electrons. The Balaban J connectivity index is 1.47. The predicted octanol–water partition coefficient (Wildman–Crippen LogP) is 3.34. The highest BCUT2D eigenvalue weighted by Crippen LogP contribution is 2.23. The largest absolute Gasteiger partial charge is 0.389 e. The molecule has 0 bridgehead atoms. The molecule has 1 heterocycles. The van der Waals surface area contributed by atoms with Crippen LogP contribution in [0, 0.1) is 5.82 Å². The fraction of sp³-hybridized carbons (Fsp3) is 0.429. The molecule has 1 saturated heterocycles. The molecule has 0 spiro atoms. The number of halogens is 1. The normalized spacial score (nSPS) is 20.7. The molecule has 1 fully saturated rings. The van der Waals surface area contributed by atoms with Crippen LogP contribution >= 0.6 is 0 Å². The van der Waals surface area contributed by atoms with E-state index >= 15 is 0 Å². The lowest BCUT2D eigenvalue weighted by Crippen LogP contribution is -2.43. The van der Waals surface area contributed by atoms with E-state index in [0.717, 1.165) is 17.7 Å². The average molecular weight is 359 g/mol. The lowest BCUT2D eigenvalue weighted by Gasteiger charge is -2.34. The van der Waals surface area contributed by atoms with Crippen LogP contribution in [0.5, 0.6) is 0 Å². The standard InChI is InChI=1S/C21H26FNO3/c1-16(17-6-3-2-4-7-17)26-15-20(24)13-23-10-11-25-21(14-23)18-8-5-9-19(22)12-18/h2-9,12,16,20-21,24H,10-11,13-15H2,1H3. The highest BCUT2D eigenvalue weighted by atomic mass is 19.1. The van der Waals surface area contributed by atoms with Gasteiger partial charge in [-0.25, -0.2) is 4.39 Å². The maximum Gasteiger partial charge on any atom is 0.123 e. The summed E-state index contributed by atoms with van der Waals surface area (Å²) in [5.74, 6) is -0.258. The number of nitrogens with zero attached hydrogens (tertiary/aromatic N) is 1. The Hall–Kier alpha value is -1.79. The van der Waals surface area contributed by atoms with Crippen molar-refractivity contribution in [3.8, 4) is 0 Å². The molecule has 3 atom stereocenters. The maximum atomic E-state index is 13.4. The Bertz CT molecular complexity index is 682. The molecule has 2 aromatic carbocycles. The number of rotatable bonds is 7. The van der Waals surface area contributed by atoms with Gasteiger partial charge in [0.1, 0.15) is 5.82 Å². The molecule has 4 nitrogen and oxygen atoms in total. The van der Waals surface area contributed by atoms with Gasteiger partial charge in [-0.1, -0.05) is 42.5 Å². The molecule has 0 saturated carbocycles. The Labute approximate surface area is 154 Å². The van der Waals surface area contributed by atoms with Crippen molar-refractivity contribution in [2.24, 2.45) is 0 Å². The minimum atomic E-state index is -0.576. The number of morpholine rings is 1. The van der Waals surface area contributed by atoms with Crippen LogP contribution in [0.1, 0.15) is 30.3 Å². The van der Waals surface area contributed by atoms with Crippen LogP contribution in [-0.2, 0) is 9.47 Å². The van der Waals surface area contributed by atoms with Crippen LogP contribution < -0.4 is 0 Å². The third-order valence-electron chi connectivity index (χ3n) is 4.65. The van der Waals surface area contributed by atoms with E-state index in [1.165, 1.54) is 12.1 Å². The summed E-state index contributed by atoms with van der Waals surface area (Å²) >= 11 is 0. The fourth-order valence-corrected chi connectivity index (χ4v) is 3.20. The molecule has 1 N–H and O–H groups in total. The van der Waals surface area contributed by atoms with Gasteiger partial charge >= 0.3 is 0 Å². The van der Waals surface area contributed by atoms with Crippen molar-refractivity contribution >= 4 is 0 Å². The van der Waals surface area contributed by atoms with Crippen molar-refractivity contribution in [2.75, 3.05) is 32.8 Å². The Morgan fingerprint density at radius 3 is 2.81 bits per heavy atom. The van der Waals surface area contributed by atoms with E-state index in [9.17, 15) is 9.50 Å². The number of hydrogen-bond acceptors (Lipinski definition) is 4. The molecule has 2 aromatic rings. The van der Waals surface area contributed by atoms with Crippen molar-refractivity contribution in [1.29, 1.82) is 0 Å². The number of aliphatic hydroxyl groups is 1. The zero-order chi connectivity index (χ0) is 18.4. The number of ether oxygens (including phenoxy) is 2. The first kappa shape index (κ1) is 19.0. The van der Waals surface area contributed by atoms with Gasteiger partial charge in [-0.15, -0.1) is 0 Å². The fourth-order valence-electron chi connectivity index (χ4n) is 3.20. The molecular formula is C21H26FNO3. The summed E-state index contributed by atoms with van der Waals surface area (Å²) in [5.41, 5.74) is 1.93. The third kappa shape index (κ3) is 5.35. The van der Waals surface area contributed by atoms with Gasteiger partial charge in [0, 0.05) is 19.6 Å². The van der Waals surface area contributed by atoms with Crippen molar-refractivity contribution in [3.63, 3.8) is 0 Å². The van der Waals surface area contributed by atoms with E-state index in [1.54, 1.807) is 6.07 Å². The van der Waals surface area contributed by atoms with Crippen LogP contribution in [0.3, 0.4) is 0 Å². The van der Waals surface area contributed by atoms with Gasteiger partial charge in [0.2, 0.25) is 0 Å². The topological polar surface area (TPSA) is 41.9 Å². The quantitative estimate of drug-likeness (QED) is 0.823. The molecule has 1 aliphatic rings. The minimum Gasteiger partial charge on any atom is -0.389 e. The van der Waals surface area contributed by atoms with Crippen molar-refractivity contribution < 1.29 is 19.0 Å². The SMILES string of the molecule is CC(OCC(O)CN1CCOC(c2cccc(F)c2)C1)c1ccccc1. The lowest BCUT2D eigenvalue weighted by atomic mass is 10.1. The molecule has 0 amide bonds. The van der Waals surface area contributed by atoms with Gasteiger partial charge in [0.05, 0.1) is 31.5 Å². The summed E-state index contributed by atoms with van der Waals surface area (Å²) in [7, 11) is 0. The third-order valence-corrected chi connectivity index (χ3v) is 4.65. The van der Waals surface area contributed by atoms with Crippen LogP contribution in [0.4, 0.5) is 4.39 Å². The average Bonchev–Trinajstić information content (AvgIpc) is 2.67.